The van der Waals surface area contributed by atoms with E-state index in [1.165, 1.54) is 5.69 Å². The molecule has 0 bridgehead atoms. The van der Waals surface area contributed by atoms with Gasteiger partial charge in [0.05, 0.1) is 6.33 Å². The molecular weight excluding hydrogens is 124 g/mol. The minimum absolute atomic E-state index is 0.586. The van der Waals surface area contributed by atoms with Crippen molar-refractivity contribution in [3.63, 3.8) is 0 Å². The van der Waals surface area contributed by atoms with Gasteiger partial charge in [0.15, 0.2) is 0 Å². The fraction of sp³-hybridized carbons (Fsp3) is 0.625. The lowest BCUT2D eigenvalue weighted by Gasteiger charge is -2.12. The van der Waals surface area contributed by atoms with Crippen LogP contribution in [-0.2, 0) is 0 Å². The second-order valence-corrected chi connectivity index (χ2v) is 3.04. The zero-order valence-electron chi connectivity index (χ0n) is 6.76. The molecule has 1 aromatic heterocycles. The third-order valence-corrected chi connectivity index (χ3v) is 2.01. The summed E-state index contributed by atoms with van der Waals surface area (Å²) in [5, 5.41) is 0. The van der Waals surface area contributed by atoms with Gasteiger partial charge in [0.1, 0.15) is 0 Å². The van der Waals surface area contributed by atoms with Crippen molar-refractivity contribution in [1.82, 2.24) is 9.97 Å². The Morgan fingerprint density at radius 3 is 2.50 bits per heavy atom. The largest absolute Gasteiger partial charge is 0.348 e. The molecule has 2 nitrogen and oxygen atoms in total. The SMILES string of the molecule is CC(C)C(C)c1cnc[nH]1. The molecule has 0 aromatic carbocycles. The van der Waals surface area contributed by atoms with Crippen LogP contribution in [0.4, 0.5) is 0 Å². The van der Waals surface area contributed by atoms with Gasteiger partial charge in [0.2, 0.25) is 0 Å². The summed E-state index contributed by atoms with van der Waals surface area (Å²) in [6.45, 7) is 6.63. The van der Waals surface area contributed by atoms with Crippen molar-refractivity contribution in [3.8, 4) is 0 Å². The number of hydrogen-bond donors (Lipinski definition) is 1. The Bertz CT molecular complexity index is 177. The standard InChI is InChI=1S/C8H14N2/c1-6(2)7(3)8-4-9-5-10-8/h4-7H,1-3H3,(H,9,10). The van der Waals surface area contributed by atoms with Crippen molar-refractivity contribution in [1.29, 1.82) is 0 Å². The number of H-pyrrole nitrogens is 1. The number of nitrogens with zero attached hydrogens (tertiary/aromatic N) is 1. The van der Waals surface area contributed by atoms with Gasteiger partial charge in [-0.25, -0.2) is 4.98 Å². The molecule has 0 amide bonds. The quantitative estimate of drug-likeness (QED) is 0.666. The summed E-state index contributed by atoms with van der Waals surface area (Å²) in [7, 11) is 0. The normalized spacial score (nSPS) is 14.0. The zero-order chi connectivity index (χ0) is 7.56. The van der Waals surface area contributed by atoms with Gasteiger partial charge in [-0.1, -0.05) is 20.8 Å². The average Bonchev–Trinajstić information content (AvgIpc) is 2.36. The first-order chi connectivity index (χ1) is 4.72. The van der Waals surface area contributed by atoms with Gasteiger partial charge in [-0.2, -0.15) is 0 Å². The van der Waals surface area contributed by atoms with Crippen LogP contribution >= 0.6 is 0 Å². The Balaban J connectivity index is 2.68. The summed E-state index contributed by atoms with van der Waals surface area (Å²) in [5.74, 6) is 1.27. The predicted molar refractivity (Wildman–Crippen MR) is 41.8 cm³/mol. The Labute approximate surface area is 61.7 Å². The molecule has 0 radical (unpaired) electrons. The number of aromatic amines is 1. The first kappa shape index (κ1) is 7.32. The molecule has 0 spiro atoms. The van der Waals surface area contributed by atoms with Gasteiger partial charge >= 0.3 is 0 Å². The molecule has 0 aliphatic carbocycles. The van der Waals surface area contributed by atoms with E-state index < -0.39 is 0 Å². The van der Waals surface area contributed by atoms with Crippen LogP contribution in [0.15, 0.2) is 12.5 Å². The summed E-state index contributed by atoms with van der Waals surface area (Å²) < 4.78 is 0. The van der Waals surface area contributed by atoms with Crippen molar-refractivity contribution in [3.05, 3.63) is 18.2 Å². The van der Waals surface area contributed by atoms with Crippen molar-refractivity contribution in [2.45, 2.75) is 26.7 Å². The molecule has 0 saturated heterocycles. The van der Waals surface area contributed by atoms with E-state index in [0.717, 1.165) is 0 Å². The molecule has 1 heterocycles. The minimum atomic E-state index is 0.586. The van der Waals surface area contributed by atoms with Crippen molar-refractivity contribution in [2.24, 2.45) is 5.92 Å². The molecule has 0 aliphatic rings. The summed E-state index contributed by atoms with van der Waals surface area (Å²) in [6, 6.07) is 0. The smallest absolute Gasteiger partial charge is 0.0921 e. The summed E-state index contributed by atoms with van der Waals surface area (Å²) >= 11 is 0. The fourth-order valence-electron chi connectivity index (χ4n) is 0.875. The predicted octanol–water partition coefficient (Wildman–Crippen LogP) is 2.17. The highest BCUT2D eigenvalue weighted by Gasteiger charge is 2.09. The maximum absolute atomic E-state index is 3.97. The lowest BCUT2D eigenvalue weighted by Crippen LogP contribution is -2.01. The Morgan fingerprint density at radius 2 is 2.10 bits per heavy atom. The van der Waals surface area contributed by atoms with E-state index in [-0.39, 0.29) is 0 Å². The monoisotopic (exact) mass is 138 g/mol. The van der Waals surface area contributed by atoms with E-state index in [1.54, 1.807) is 6.33 Å². The van der Waals surface area contributed by atoms with Crippen LogP contribution in [0, 0.1) is 5.92 Å². The molecule has 10 heavy (non-hydrogen) atoms. The number of aromatic nitrogens is 2. The zero-order valence-corrected chi connectivity index (χ0v) is 6.76. The topological polar surface area (TPSA) is 28.7 Å². The van der Waals surface area contributed by atoms with Crippen molar-refractivity contribution >= 4 is 0 Å². The Morgan fingerprint density at radius 1 is 1.40 bits per heavy atom. The van der Waals surface area contributed by atoms with Gasteiger partial charge in [0, 0.05) is 17.8 Å². The molecule has 1 unspecified atom stereocenters. The molecule has 0 aliphatic heterocycles. The molecular formula is C8H14N2. The highest BCUT2D eigenvalue weighted by atomic mass is 14.9. The second-order valence-electron chi connectivity index (χ2n) is 3.04. The summed E-state index contributed by atoms with van der Waals surface area (Å²) in [5.41, 5.74) is 1.23. The Hall–Kier alpha value is -0.790. The van der Waals surface area contributed by atoms with Crippen molar-refractivity contribution < 1.29 is 0 Å². The van der Waals surface area contributed by atoms with Crippen LogP contribution in [-0.4, -0.2) is 9.97 Å². The molecule has 0 fully saturated rings. The first-order valence-electron chi connectivity index (χ1n) is 3.70. The van der Waals surface area contributed by atoms with Crippen LogP contribution in [0.25, 0.3) is 0 Å². The number of rotatable bonds is 2. The van der Waals surface area contributed by atoms with Gasteiger partial charge < -0.3 is 4.98 Å². The highest BCUT2D eigenvalue weighted by Crippen LogP contribution is 2.20. The lowest BCUT2D eigenvalue weighted by molar-refractivity contribution is 0.525. The molecule has 1 aromatic rings. The molecule has 1 N–H and O–H groups in total. The van der Waals surface area contributed by atoms with E-state index in [0.29, 0.717) is 11.8 Å². The molecule has 1 atom stereocenters. The average molecular weight is 138 g/mol. The number of nitrogens with one attached hydrogen (secondary N) is 1. The van der Waals surface area contributed by atoms with E-state index in [2.05, 4.69) is 30.7 Å². The lowest BCUT2D eigenvalue weighted by atomic mass is 9.95. The first-order valence-corrected chi connectivity index (χ1v) is 3.70. The maximum Gasteiger partial charge on any atom is 0.0921 e. The van der Waals surface area contributed by atoms with Gasteiger partial charge in [-0.15, -0.1) is 0 Å². The van der Waals surface area contributed by atoms with E-state index >= 15 is 0 Å². The summed E-state index contributed by atoms with van der Waals surface area (Å²) in [6.07, 6.45) is 3.62. The van der Waals surface area contributed by atoms with Crippen LogP contribution < -0.4 is 0 Å². The maximum atomic E-state index is 3.97. The van der Waals surface area contributed by atoms with Gasteiger partial charge in [0.25, 0.3) is 0 Å². The van der Waals surface area contributed by atoms with Crippen LogP contribution in [0.2, 0.25) is 0 Å². The third-order valence-electron chi connectivity index (χ3n) is 2.01. The number of hydrogen-bond acceptors (Lipinski definition) is 1. The van der Waals surface area contributed by atoms with Crippen molar-refractivity contribution in [2.75, 3.05) is 0 Å². The minimum Gasteiger partial charge on any atom is -0.348 e. The highest BCUT2D eigenvalue weighted by molar-refractivity contribution is 5.02. The fourth-order valence-corrected chi connectivity index (χ4v) is 0.875. The molecule has 56 valence electrons. The molecule has 1 rings (SSSR count). The third kappa shape index (κ3) is 1.38. The number of imidazole rings is 1. The van der Waals surface area contributed by atoms with E-state index in [9.17, 15) is 0 Å². The van der Waals surface area contributed by atoms with Gasteiger partial charge in [-0.3, -0.25) is 0 Å². The van der Waals surface area contributed by atoms with E-state index in [1.807, 2.05) is 6.20 Å². The van der Waals surface area contributed by atoms with Gasteiger partial charge in [-0.05, 0) is 5.92 Å². The van der Waals surface area contributed by atoms with Crippen LogP contribution in [0.1, 0.15) is 32.4 Å². The van der Waals surface area contributed by atoms with E-state index in [4.69, 9.17) is 0 Å². The molecule has 2 heteroatoms. The summed E-state index contributed by atoms with van der Waals surface area (Å²) in [4.78, 5) is 7.08. The van der Waals surface area contributed by atoms with Crippen LogP contribution in [0.5, 0.6) is 0 Å². The van der Waals surface area contributed by atoms with Crippen LogP contribution in [0.3, 0.4) is 0 Å². The Kier molecular flexibility index (Phi) is 2.10. The molecule has 0 saturated carbocycles. The second kappa shape index (κ2) is 2.86.